The SMILES string of the molecule is COc1cc(/C=C2\SC(=O)N=C2NCC(C)(C)O)ccc1Oc1ccc(C#N)cc1C(F)(F)F. The summed E-state index contributed by atoms with van der Waals surface area (Å²) < 4.78 is 51.2. The van der Waals surface area contributed by atoms with Crippen LogP contribution >= 0.6 is 11.8 Å². The Morgan fingerprint density at radius 3 is 2.50 bits per heavy atom. The van der Waals surface area contributed by atoms with E-state index in [2.05, 4.69) is 10.3 Å². The molecule has 1 heterocycles. The Kier molecular flexibility index (Phi) is 7.24. The minimum absolute atomic E-state index is 0.0315. The summed E-state index contributed by atoms with van der Waals surface area (Å²) in [6.07, 6.45) is -3.07. The number of aliphatic hydroxyl groups is 1. The molecule has 11 heteroatoms. The van der Waals surface area contributed by atoms with Crippen molar-refractivity contribution in [1.82, 2.24) is 5.32 Å². The number of carbonyl (C=O) groups excluding carboxylic acids is 1. The van der Waals surface area contributed by atoms with Gasteiger partial charge >= 0.3 is 11.4 Å². The molecule has 0 atom stereocenters. The fraction of sp³-hybridized carbons (Fsp3) is 0.261. The van der Waals surface area contributed by atoms with Gasteiger partial charge in [0.2, 0.25) is 0 Å². The van der Waals surface area contributed by atoms with E-state index >= 15 is 0 Å². The summed E-state index contributed by atoms with van der Waals surface area (Å²) >= 11 is 0.898. The Morgan fingerprint density at radius 1 is 1.18 bits per heavy atom. The van der Waals surface area contributed by atoms with E-state index in [4.69, 9.17) is 14.7 Å². The number of amidine groups is 1. The van der Waals surface area contributed by atoms with Gasteiger partial charge in [-0.15, -0.1) is 0 Å². The maximum absolute atomic E-state index is 13.5. The predicted octanol–water partition coefficient (Wildman–Crippen LogP) is 5.34. The third kappa shape index (κ3) is 6.30. The fourth-order valence-electron chi connectivity index (χ4n) is 2.87. The first-order valence-electron chi connectivity index (χ1n) is 9.85. The van der Waals surface area contributed by atoms with Gasteiger partial charge in [0, 0.05) is 6.54 Å². The van der Waals surface area contributed by atoms with E-state index in [0.29, 0.717) is 16.3 Å². The first-order valence-corrected chi connectivity index (χ1v) is 10.7. The predicted molar refractivity (Wildman–Crippen MR) is 122 cm³/mol. The number of halogens is 3. The lowest BCUT2D eigenvalue weighted by Crippen LogP contribution is -2.38. The van der Waals surface area contributed by atoms with E-state index in [1.54, 1.807) is 32.1 Å². The summed E-state index contributed by atoms with van der Waals surface area (Å²) in [5, 5.41) is 21.3. The van der Waals surface area contributed by atoms with Crippen molar-refractivity contribution in [1.29, 1.82) is 5.26 Å². The van der Waals surface area contributed by atoms with Crippen molar-refractivity contribution in [3.05, 3.63) is 58.0 Å². The van der Waals surface area contributed by atoms with Crippen LogP contribution in [0.5, 0.6) is 17.2 Å². The van der Waals surface area contributed by atoms with Crippen molar-refractivity contribution in [3.8, 4) is 23.3 Å². The maximum atomic E-state index is 13.5. The molecule has 2 aromatic carbocycles. The molecule has 7 nitrogen and oxygen atoms in total. The van der Waals surface area contributed by atoms with Crippen LogP contribution in [0, 0.1) is 11.3 Å². The van der Waals surface area contributed by atoms with Crippen LogP contribution in [0.1, 0.15) is 30.5 Å². The Hall–Kier alpha value is -3.49. The van der Waals surface area contributed by atoms with Gasteiger partial charge in [-0.3, -0.25) is 4.79 Å². The lowest BCUT2D eigenvalue weighted by Gasteiger charge is -2.18. The van der Waals surface area contributed by atoms with Crippen LogP contribution in [-0.2, 0) is 6.18 Å². The van der Waals surface area contributed by atoms with E-state index < -0.39 is 28.3 Å². The second kappa shape index (κ2) is 9.79. The number of hydrogen-bond donors (Lipinski definition) is 2. The molecule has 0 aromatic heterocycles. The lowest BCUT2D eigenvalue weighted by atomic mass is 10.1. The molecule has 0 aliphatic carbocycles. The highest BCUT2D eigenvalue weighted by Crippen LogP contribution is 2.41. The van der Waals surface area contributed by atoms with Gasteiger partial charge < -0.3 is 19.9 Å². The van der Waals surface area contributed by atoms with Crippen molar-refractivity contribution in [3.63, 3.8) is 0 Å². The molecule has 0 saturated carbocycles. The van der Waals surface area contributed by atoms with Crippen molar-refractivity contribution in [2.75, 3.05) is 13.7 Å². The number of carbonyl (C=O) groups is 1. The topological polar surface area (TPSA) is 104 Å². The highest BCUT2D eigenvalue weighted by atomic mass is 32.2. The average Bonchev–Trinajstić information content (AvgIpc) is 3.11. The normalized spacial score (nSPS) is 15.2. The van der Waals surface area contributed by atoms with Gasteiger partial charge in [-0.05, 0) is 67.6 Å². The lowest BCUT2D eigenvalue weighted by molar-refractivity contribution is -0.138. The number of aliphatic imine (C=N–C) groups is 1. The Balaban J connectivity index is 1.90. The third-order valence-electron chi connectivity index (χ3n) is 4.44. The van der Waals surface area contributed by atoms with Gasteiger partial charge in [0.1, 0.15) is 11.6 Å². The zero-order valence-corrected chi connectivity index (χ0v) is 19.2. The number of benzene rings is 2. The van der Waals surface area contributed by atoms with Crippen molar-refractivity contribution in [2.45, 2.75) is 25.6 Å². The number of rotatable bonds is 6. The number of nitriles is 1. The number of nitrogens with zero attached hydrogens (tertiary/aromatic N) is 2. The third-order valence-corrected chi connectivity index (χ3v) is 5.24. The zero-order chi connectivity index (χ0) is 25.1. The number of amides is 1. The molecule has 1 aliphatic heterocycles. The molecule has 2 N–H and O–H groups in total. The van der Waals surface area contributed by atoms with E-state index in [0.717, 1.165) is 23.9 Å². The monoisotopic (exact) mass is 491 g/mol. The molecule has 0 unspecified atom stereocenters. The van der Waals surface area contributed by atoms with Crippen LogP contribution in [0.2, 0.25) is 0 Å². The minimum Gasteiger partial charge on any atom is -0.493 e. The van der Waals surface area contributed by atoms with Crippen molar-refractivity contribution in [2.24, 2.45) is 4.99 Å². The number of thioether (sulfide) groups is 1. The first kappa shape index (κ1) is 25.1. The van der Waals surface area contributed by atoms with Gasteiger partial charge in [-0.25, -0.2) is 0 Å². The molecule has 1 aliphatic rings. The minimum atomic E-state index is -4.72. The molecule has 0 saturated heterocycles. The fourth-order valence-corrected chi connectivity index (χ4v) is 3.61. The summed E-state index contributed by atoms with van der Waals surface area (Å²) in [6, 6.07) is 9.26. The maximum Gasteiger partial charge on any atom is 0.420 e. The van der Waals surface area contributed by atoms with Crippen molar-refractivity contribution < 1.29 is 32.5 Å². The van der Waals surface area contributed by atoms with E-state index in [1.807, 2.05) is 0 Å². The average molecular weight is 491 g/mol. The molecular weight excluding hydrogens is 471 g/mol. The van der Waals surface area contributed by atoms with Gasteiger partial charge in [0.25, 0.3) is 0 Å². The molecule has 0 bridgehead atoms. The smallest absolute Gasteiger partial charge is 0.420 e. The van der Waals surface area contributed by atoms with Gasteiger partial charge in [-0.2, -0.15) is 23.4 Å². The molecule has 3 rings (SSSR count). The molecule has 0 fully saturated rings. The van der Waals surface area contributed by atoms with Crippen LogP contribution in [-0.4, -0.2) is 35.4 Å². The molecule has 0 spiro atoms. The molecule has 1 amide bonds. The molecular formula is C23H20F3N3O4S. The second-order valence-electron chi connectivity index (χ2n) is 7.84. The summed E-state index contributed by atoms with van der Waals surface area (Å²) in [5.41, 5.74) is -1.67. The molecule has 34 heavy (non-hydrogen) atoms. The van der Waals surface area contributed by atoms with E-state index in [9.17, 15) is 23.1 Å². The van der Waals surface area contributed by atoms with Crippen LogP contribution in [0.25, 0.3) is 6.08 Å². The first-order chi connectivity index (χ1) is 15.9. The molecule has 0 radical (unpaired) electrons. The summed E-state index contributed by atoms with van der Waals surface area (Å²) in [4.78, 5) is 16.2. The summed E-state index contributed by atoms with van der Waals surface area (Å²) in [7, 11) is 1.34. The number of methoxy groups -OCH3 is 1. The quantitative estimate of drug-likeness (QED) is 0.562. The molecule has 178 valence electrons. The van der Waals surface area contributed by atoms with Crippen LogP contribution in [0.3, 0.4) is 0 Å². The largest absolute Gasteiger partial charge is 0.493 e. The number of hydrogen-bond acceptors (Lipinski definition) is 7. The second-order valence-corrected chi connectivity index (χ2v) is 8.83. The highest BCUT2D eigenvalue weighted by Gasteiger charge is 2.35. The van der Waals surface area contributed by atoms with Crippen LogP contribution < -0.4 is 14.8 Å². The Morgan fingerprint density at radius 2 is 1.88 bits per heavy atom. The van der Waals surface area contributed by atoms with E-state index in [-0.39, 0.29) is 23.6 Å². The standard InChI is InChI=1S/C23H20F3N3O4S/c1-22(2,31)12-28-20-19(34-21(30)29-20)10-13-4-7-17(18(9-13)32-3)33-16-6-5-14(11-27)8-15(16)23(24,25)26/h4-10,31H,12H2,1-3H3,(H,28,29,30)/b19-10-. The van der Waals surface area contributed by atoms with E-state index in [1.165, 1.54) is 25.3 Å². The highest BCUT2D eigenvalue weighted by molar-refractivity contribution is 8.18. The number of alkyl halides is 3. The van der Waals surface area contributed by atoms with Crippen molar-refractivity contribution >= 4 is 28.9 Å². The van der Waals surface area contributed by atoms with Crippen LogP contribution in [0.4, 0.5) is 18.0 Å². The summed E-state index contributed by atoms with van der Waals surface area (Å²) in [5.74, 6) is 0.0232. The van der Waals surface area contributed by atoms with Gasteiger partial charge in [-0.1, -0.05) is 6.07 Å². The zero-order valence-electron chi connectivity index (χ0n) is 18.4. The number of ether oxygens (including phenoxy) is 2. The van der Waals surface area contributed by atoms with Gasteiger partial charge in [0.05, 0.1) is 34.8 Å². The Bertz CT molecular complexity index is 1210. The van der Waals surface area contributed by atoms with Crippen LogP contribution in [0.15, 0.2) is 46.3 Å². The van der Waals surface area contributed by atoms with Gasteiger partial charge in [0.15, 0.2) is 11.5 Å². The Labute approximate surface area is 197 Å². The molecule has 2 aromatic rings. The summed E-state index contributed by atoms with van der Waals surface area (Å²) in [6.45, 7) is 3.38. The number of nitrogens with one attached hydrogen (secondary N) is 1.